The molecule has 0 radical (unpaired) electrons. The van der Waals surface area contributed by atoms with Crippen molar-refractivity contribution in [3.05, 3.63) is 70.9 Å². The van der Waals surface area contributed by atoms with E-state index < -0.39 is 0 Å². The summed E-state index contributed by atoms with van der Waals surface area (Å²) < 4.78 is 1.70. The number of aromatic nitrogens is 2. The van der Waals surface area contributed by atoms with Gasteiger partial charge in [0, 0.05) is 41.5 Å². The van der Waals surface area contributed by atoms with E-state index in [1.165, 1.54) is 38.5 Å². The van der Waals surface area contributed by atoms with Gasteiger partial charge in [-0.1, -0.05) is 26.0 Å². The lowest BCUT2D eigenvalue weighted by Gasteiger charge is -2.65. The molecule has 4 aliphatic carbocycles. The highest BCUT2D eigenvalue weighted by atomic mass is 16.1. The number of hydrogen-bond acceptors (Lipinski definition) is 3. The van der Waals surface area contributed by atoms with E-state index in [-0.39, 0.29) is 16.9 Å². The molecule has 3 aromatic rings. The minimum Gasteiger partial charge on any atom is -0.325 e. The molecule has 1 N–H and O–H groups in total. The first-order chi connectivity index (χ1) is 16.2. The highest BCUT2D eigenvalue weighted by Crippen LogP contribution is 2.70. The number of nitrogens with one attached hydrogen (secondary N) is 1. The van der Waals surface area contributed by atoms with Gasteiger partial charge in [-0.25, -0.2) is 0 Å². The Kier molecular flexibility index (Phi) is 4.78. The summed E-state index contributed by atoms with van der Waals surface area (Å²) in [6, 6.07) is 11.4. The van der Waals surface area contributed by atoms with Gasteiger partial charge >= 0.3 is 0 Å². The van der Waals surface area contributed by atoms with Crippen LogP contribution in [0.1, 0.15) is 64.4 Å². The normalized spacial score (nSPS) is 31.6. The van der Waals surface area contributed by atoms with E-state index >= 15 is 0 Å². The second kappa shape index (κ2) is 7.53. The van der Waals surface area contributed by atoms with E-state index in [9.17, 15) is 9.59 Å². The van der Waals surface area contributed by atoms with Crippen molar-refractivity contribution >= 4 is 22.4 Å². The summed E-state index contributed by atoms with van der Waals surface area (Å²) in [4.78, 5) is 30.7. The Bertz CT molecular complexity index is 1310. The molecule has 4 fully saturated rings. The van der Waals surface area contributed by atoms with Crippen LogP contribution >= 0.6 is 0 Å². The largest absolute Gasteiger partial charge is 0.325 e. The van der Waals surface area contributed by atoms with Crippen LogP contribution in [-0.4, -0.2) is 15.5 Å². The maximum atomic E-state index is 13.3. The van der Waals surface area contributed by atoms with Gasteiger partial charge in [-0.3, -0.25) is 14.6 Å². The van der Waals surface area contributed by atoms with Gasteiger partial charge in [-0.05, 0) is 90.5 Å². The van der Waals surface area contributed by atoms with Crippen molar-refractivity contribution in [3.63, 3.8) is 0 Å². The summed E-state index contributed by atoms with van der Waals surface area (Å²) in [7, 11) is 0. The molecule has 2 heterocycles. The Labute approximate surface area is 200 Å². The molecule has 0 saturated heterocycles. The molecule has 4 aliphatic rings. The maximum absolute atomic E-state index is 13.3. The number of rotatable bonds is 5. The minimum atomic E-state index is -0.0561. The van der Waals surface area contributed by atoms with Crippen LogP contribution in [-0.2, 0) is 11.3 Å². The summed E-state index contributed by atoms with van der Waals surface area (Å²) in [6.45, 7) is 5.37. The zero-order valence-corrected chi connectivity index (χ0v) is 20.1. The Morgan fingerprint density at radius 2 is 1.82 bits per heavy atom. The van der Waals surface area contributed by atoms with Crippen LogP contribution in [0.4, 0.5) is 5.69 Å². The number of fused-ring (bicyclic) bond motifs is 1. The van der Waals surface area contributed by atoms with Gasteiger partial charge < -0.3 is 9.88 Å². The van der Waals surface area contributed by atoms with Gasteiger partial charge in [-0.2, -0.15) is 0 Å². The van der Waals surface area contributed by atoms with Crippen molar-refractivity contribution in [1.82, 2.24) is 9.55 Å². The number of carbonyl (C=O) groups is 1. The first-order valence-electron chi connectivity index (χ1n) is 12.6. The highest BCUT2D eigenvalue weighted by Gasteiger charge is 2.60. The van der Waals surface area contributed by atoms with E-state index in [1.807, 2.05) is 42.6 Å². The predicted molar refractivity (Wildman–Crippen MR) is 135 cm³/mol. The topological polar surface area (TPSA) is 64.0 Å². The maximum Gasteiger partial charge on any atom is 0.258 e. The van der Waals surface area contributed by atoms with Gasteiger partial charge in [0.05, 0.1) is 6.54 Å². The molecule has 1 aromatic carbocycles. The van der Waals surface area contributed by atoms with Crippen LogP contribution in [0.5, 0.6) is 0 Å². The van der Waals surface area contributed by atoms with Crippen molar-refractivity contribution < 1.29 is 4.79 Å². The second-order valence-electron chi connectivity index (χ2n) is 12.2. The number of carbonyl (C=O) groups excluding carboxylic acids is 1. The highest BCUT2D eigenvalue weighted by molar-refractivity contribution is 6.02. The summed E-state index contributed by atoms with van der Waals surface area (Å²) in [6.07, 6.45) is 13.4. The number of amides is 1. The van der Waals surface area contributed by atoms with Crippen LogP contribution in [0.2, 0.25) is 0 Å². The van der Waals surface area contributed by atoms with Crippen molar-refractivity contribution in [2.24, 2.45) is 22.2 Å². The number of benzene rings is 1. The third-order valence-electron chi connectivity index (χ3n) is 8.65. The summed E-state index contributed by atoms with van der Waals surface area (Å²) in [5, 5.41) is 4.61. The third kappa shape index (κ3) is 3.75. The number of anilines is 1. The van der Waals surface area contributed by atoms with Gasteiger partial charge in [0.25, 0.3) is 5.56 Å². The first kappa shape index (κ1) is 21.6. The lowest BCUT2D eigenvalue weighted by Crippen LogP contribution is -2.55. The molecule has 4 bridgehead atoms. The summed E-state index contributed by atoms with van der Waals surface area (Å²) in [5.74, 6) is 0.857. The third-order valence-corrected chi connectivity index (χ3v) is 8.65. The Balaban J connectivity index is 1.24. The predicted octanol–water partition coefficient (Wildman–Crippen LogP) is 5.77. The standard InChI is InChI=1S/C29H33N3O2/c1-27-11-21-12-28(2,17-27)19-29(13-21,18-27)14-25(33)31-24-7-3-6-23-22(24)8-10-32(26(23)34)16-20-5-4-9-30-15-20/h3-10,15,21H,11-14,16-19H2,1-2H3,(H,31,33). The Morgan fingerprint density at radius 1 is 1.03 bits per heavy atom. The molecule has 2 atom stereocenters. The van der Waals surface area contributed by atoms with Crippen LogP contribution in [0, 0.1) is 22.2 Å². The van der Waals surface area contributed by atoms with Crippen LogP contribution in [0.25, 0.3) is 10.8 Å². The molecule has 176 valence electrons. The summed E-state index contributed by atoms with van der Waals surface area (Å²) >= 11 is 0. The fourth-order valence-electron chi connectivity index (χ4n) is 8.66. The van der Waals surface area contributed by atoms with Gasteiger partial charge in [0.15, 0.2) is 0 Å². The van der Waals surface area contributed by atoms with E-state index in [1.54, 1.807) is 17.0 Å². The average Bonchev–Trinajstić information content (AvgIpc) is 2.74. The fourth-order valence-corrected chi connectivity index (χ4v) is 8.66. The van der Waals surface area contributed by atoms with E-state index in [2.05, 4.69) is 24.1 Å². The van der Waals surface area contributed by atoms with E-state index in [4.69, 9.17) is 0 Å². The summed E-state index contributed by atoms with van der Waals surface area (Å²) in [5.41, 5.74) is 2.58. The molecular formula is C29H33N3O2. The molecule has 1 amide bonds. The molecular weight excluding hydrogens is 422 g/mol. The second-order valence-corrected chi connectivity index (χ2v) is 12.2. The van der Waals surface area contributed by atoms with Gasteiger partial charge in [0.2, 0.25) is 5.91 Å². The van der Waals surface area contributed by atoms with Crippen molar-refractivity contribution in [2.75, 3.05) is 5.32 Å². The molecule has 7 rings (SSSR count). The van der Waals surface area contributed by atoms with Crippen molar-refractivity contribution in [2.45, 2.75) is 65.3 Å². The van der Waals surface area contributed by atoms with Crippen LogP contribution in [0.3, 0.4) is 0 Å². The molecule has 4 saturated carbocycles. The van der Waals surface area contributed by atoms with Crippen LogP contribution < -0.4 is 10.9 Å². The number of hydrogen-bond donors (Lipinski definition) is 1. The fraction of sp³-hybridized carbons (Fsp3) is 0.483. The lowest BCUT2D eigenvalue weighted by atomic mass is 9.40. The zero-order valence-electron chi connectivity index (χ0n) is 20.1. The van der Waals surface area contributed by atoms with Gasteiger partial charge in [0.1, 0.15) is 0 Å². The molecule has 0 spiro atoms. The number of nitrogens with zero attached hydrogens (tertiary/aromatic N) is 2. The molecule has 34 heavy (non-hydrogen) atoms. The monoisotopic (exact) mass is 455 g/mol. The smallest absolute Gasteiger partial charge is 0.258 e. The Morgan fingerprint density at radius 3 is 2.53 bits per heavy atom. The molecule has 2 unspecified atom stereocenters. The molecule has 2 aromatic heterocycles. The van der Waals surface area contributed by atoms with Crippen LogP contribution in [0.15, 0.2) is 59.8 Å². The lowest BCUT2D eigenvalue weighted by molar-refractivity contribution is -0.153. The minimum absolute atomic E-state index is 0.0561. The quantitative estimate of drug-likeness (QED) is 0.531. The van der Waals surface area contributed by atoms with Crippen molar-refractivity contribution in [1.29, 1.82) is 0 Å². The molecule has 5 nitrogen and oxygen atoms in total. The van der Waals surface area contributed by atoms with Crippen molar-refractivity contribution in [3.8, 4) is 0 Å². The van der Waals surface area contributed by atoms with Gasteiger partial charge in [-0.15, -0.1) is 0 Å². The Hall–Kier alpha value is -2.95. The SMILES string of the molecule is CC12CC3CC(C)(C1)CC(CC(=O)Nc1cccc4c(=O)n(Cc5cccnc5)ccc14)(C3)C2. The average molecular weight is 456 g/mol. The number of pyridine rings is 2. The first-order valence-corrected chi connectivity index (χ1v) is 12.6. The van der Waals surface area contributed by atoms with E-state index in [0.29, 0.717) is 29.2 Å². The zero-order chi connectivity index (χ0) is 23.6. The molecule has 5 heteroatoms. The molecule has 0 aliphatic heterocycles. The van der Waals surface area contributed by atoms with E-state index in [0.717, 1.165) is 22.6 Å².